The molecule has 0 radical (unpaired) electrons. The number of methoxy groups -OCH3 is 2. The molecule has 3 aromatic carbocycles. The van der Waals surface area contributed by atoms with Crippen LogP contribution in [-0.4, -0.2) is 55.4 Å². The number of benzene rings is 3. The fourth-order valence-electron chi connectivity index (χ4n) is 3.44. The minimum absolute atomic E-state index is 0.0483. The molecule has 9 nitrogen and oxygen atoms in total. The van der Waals surface area contributed by atoms with E-state index in [1.54, 1.807) is 24.3 Å². The lowest BCUT2D eigenvalue weighted by molar-refractivity contribution is -0.119. The average molecular weight is 590 g/mol. The molecular formula is C26H29BrN4O5S. The summed E-state index contributed by atoms with van der Waals surface area (Å²) < 4.78 is 39.7. The van der Waals surface area contributed by atoms with Crippen LogP contribution in [-0.2, 0) is 14.8 Å². The fourth-order valence-corrected chi connectivity index (χ4v) is 5.63. The number of hydrogen-bond acceptors (Lipinski definition) is 7. The van der Waals surface area contributed by atoms with E-state index in [-0.39, 0.29) is 10.6 Å². The first kappa shape index (κ1) is 28.0. The minimum atomic E-state index is -4.14. The highest BCUT2D eigenvalue weighted by molar-refractivity contribution is 9.10. The quantitative estimate of drug-likeness (QED) is 0.281. The van der Waals surface area contributed by atoms with E-state index in [0.717, 1.165) is 25.6 Å². The maximum atomic E-state index is 13.6. The van der Waals surface area contributed by atoms with Gasteiger partial charge in [0.2, 0.25) is 0 Å². The Morgan fingerprint density at radius 3 is 2.27 bits per heavy atom. The second-order valence-electron chi connectivity index (χ2n) is 8.26. The van der Waals surface area contributed by atoms with Crippen LogP contribution < -0.4 is 24.1 Å². The third kappa shape index (κ3) is 6.80. The van der Waals surface area contributed by atoms with Crippen molar-refractivity contribution >= 4 is 49.4 Å². The van der Waals surface area contributed by atoms with Crippen LogP contribution in [0.5, 0.6) is 11.5 Å². The van der Waals surface area contributed by atoms with Gasteiger partial charge < -0.3 is 14.4 Å². The Hall–Kier alpha value is -3.57. The summed E-state index contributed by atoms with van der Waals surface area (Å²) in [5.41, 5.74) is 5.46. The molecule has 1 amide bonds. The fraction of sp³-hybridized carbons (Fsp3) is 0.231. The van der Waals surface area contributed by atoms with Gasteiger partial charge in [-0.15, -0.1) is 0 Å². The van der Waals surface area contributed by atoms with Crippen molar-refractivity contribution in [1.29, 1.82) is 0 Å². The normalized spacial score (nSPS) is 11.3. The molecule has 0 heterocycles. The SMILES string of the molecule is COc1ccc(S(=O)(=O)N(CC(=O)N/N=C\c2ccc(N(C)C)c(Br)c2)c2ccc(C)cc2)cc1OC. The van der Waals surface area contributed by atoms with E-state index in [1.807, 2.05) is 44.1 Å². The predicted octanol–water partition coefficient (Wildman–Crippen LogP) is 4.19. The molecule has 3 rings (SSSR count). The Kier molecular flexibility index (Phi) is 9.17. The molecule has 0 saturated carbocycles. The van der Waals surface area contributed by atoms with Gasteiger partial charge in [0.25, 0.3) is 15.9 Å². The van der Waals surface area contributed by atoms with E-state index in [0.29, 0.717) is 11.4 Å². The molecule has 0 unspecified atom stereocenters. The molecular weight excluding hydrogens is 560 g/mol. The molecule has 0 aliphatic carbocycles. The maximum Gasteiger partial charge on any atom is 0.264 e. The van der Waals surface area contributed by atoms with Gasteiger partial charge >= 0.3 is 0 Å². The second kappa shape index (κ2) is 12.1. The highest BCUT2D eigenvalue weighted by Gasteiger charge is 2.28. The Balaban J connectivity index is 1.86. The third-order valence-electron chi connectivity index (χ3n) is 5.41. The predicted molar refractivity (Wildman–Crippen MR) is 149 cm³/mol. The molecule has 1 N–H and O–H groups in total. The second-order valence-corrected chi connectivity index (χ2v) is 11.0. The van der Waals surface area contributed by atoms with Crippen LogP contribution in [0.1, 0.15) is 11.1 Å². The highest BCUT2D eigenvalue weighted by Crippen LogP contribution is 2.32. The number of aryl methyl sites for hydroxylation is 1. The molecule has 0 atom stereocenters. The first-order chi connectivity index (χ1) is 17.6. The number of sulfonamides is 1. The zero-order valence-corrected chi connectivity index (χ0v) is 23.6. The van der Waals surface area contributed by atoms with Gasteiger partial charge in [-0.2, -0.15) is 5.10 Å². The van der Waals surface area contributed by atoms with E-state index in [9.17, 15) is 13.2 Å². The Labute approximate surface area is 225 Å². The summed E-state index contributed by atoms with van der Waals surface area (Å²) in [5.74, 6) is 0.0402. The van der Waals surface area contributed by atoms with Crippen molar-refractivity contribution < 1.29 is 22.7 Å². The topological polar surface area (TPSA) is 101 Å². The summed E-state index contributed by atoms with van der Waals surface area (Å²) in [6.45, 7) is 1.40. The van der Waals surface area contributed by atoms with Gasteiger partial charge in [-0.25, -0.2) is 13.8 Å². The molecule has 196 valence electrons. The van der Waals surface area contributed by atoms with Gasteiger partial charge in [0, 0.05) is 24.6 Å². The lowest BCUT2D eigenvalue weighted by Crippen LogP contribution is -2.39. The number of nitrogens with one attached hydrogen (secondary N) is 1. The van der Waals surface area contributed by atoms with Crippen LogP contribution in [0.3, 0.4) is 0 Å². The van der Waals surface area contributed by atoms with Gasteiger partial charge in [0.1, 0.15) is 6.54 Å². The molecule has 3 aromatic rings. The summed E-state index contributed by atoms with van der Waals surface area (Å²) in [7, 11) is 2.61. The van der Waals surface area contributed by atoms with E-state index in [4.69, 9.17) is 9.47 Å². The standard InChI is InChI=1S/C26H29BrN4O5S/c1-18-6-9-20(10-7-18)31(37(33,34)21-11-13-24(35-4)25(15-21)36-5)17-26(32)29-28-16-19-8-12-23(30(2)3)22(27)14-19/h6-16H,17H2,1-5H3,(H,29,32)/b28-16-. The summed E-state index contributed by atoms with van der Waals surface area (Å²) in [6, 6.07) is 16.8. The number of hydrazone groups is 1. The van der Waals surface area contributed by atoms with Crippen molar-refractivity contribution in [2.45, 2.75) is 11.8 Å². The van der Waals surface area contributed by atoms with Crippen LogP contribution in [0.2, 0.25) is 0 Å². The lowest BCUT2D eigenvalue weighted by Gasteiger charge is -2.24. The van der Waals surface area contributed by atoms with Gasteiger partial charge in [-0.1, -0.05) is 23.8 Å². The smallest absolute Gasteiger partial charge is 0.264 e. The van der Waals surface area contributed by atoms with Crippen molar-refractivity contribution in [2.24, 2.45) is 5.10 Å². The van der Waals surface area contributed by atoms with Crippen LogP contribution in [0.4, 0.5) is 11.4 Å². The molecule has 0 aromatic heterocycles. The first-order valence-corrected chi connectivity index (χ1v) is 13.4. The minimum Gasteiger partial charge on any atom is -0.493 e. The number of ether oxygens (including phenoxy) is 2. The maximum absolute atomic E-state index is 13.6. The number of amides is 1. The van der Waals surface area contributed by atoms with Gasteiger partial charge in [-0.05, 0) is 64.8 Å². The summed E-state index contributed by atoms with van der Waals surface area (Å²) in [4.78, 5) is 14.7. The molecule has 0 fully saturated rings. The van der Waals surface area contributed by atoms with Crippen LogP contribution >= 0.6 is 15.9 Å². The Morgan fingerprint density at radius 2 is 1.68 bits per heavy atom. The molecule has 0 saturated heterocycles. The molecule has 0 aliphatic heterocycles. The summed E-state index contributed by atoms with van der Waals surface area (Å²) >= 11 is 3.51. The number of nitrogens with zero attached hydrogens (tertiary/aromatic N) is 3. The van der Waals surface area contributed by atoms with Crippen LogP contribution in [0.15, 0.2) is 75.1 Å². The lowest BCUT2D eigenvalue weighted by atomic mass is 10.2. The van der Waals surface area contributed by atoms with Gasteiger partial charge in [-0.3, -0.25) is 9.10 Å². The first-order valence-electron chi connectivity index (χ1n) is 11.2. The third-order valence-corrected chi connectivity index (χ3v) is 7.81. The van der Waals surface area contributed by atoms with E-state index >= 15 is 0 Å². The Bertz CT molecular complexity index is 1390. The summed E-state index contributed by atoms with van der Waals surface area (Å²) in [6.07, 6.45) is 1.49. The van der Waals surface area contributed by atoms with Crippen molar-refractivity contribution in [1.82, 2.24) is 5.43 Å². The number of hydrogen-bond donors (Lipinski definition) is 1. The zero-order valence-electron chi connectivity index (χ0n) is 21.2. The van der Waals surface area contributed by atoms with Gasteiger partial charge in [0.05, 0.1) is 36.7 Å². The molecule has 0 spiro atoms. The molecule has 0 bridgehead atoms. The number of rotatable bonds is 10. The monoisotopic (exact) mass is 588 g/mol. The van der Waals surface area contributed by atoms with Crippen molar-refractivity contribution in [2.75, 3.05) is 44.1 Å². The van der Waals surface area contributed by atoms with Crippen molar-refractivity contribution in [3.63, 3.8) is 0 Å². The van der Waals surface area contributed by atoms with Gasteiger partial charge in [0.15, 0.2) is 11.5 Å². The van der Waals surface area contributed by atoms with E-state index < -0.39 is 22.5 Å². The van der Waals surface area contributed by atoms with E-state index in [2.05, 4.69) is 26.5 Å². The summed E-state index contributed by atoms with van der Waals surface area (Å²) in [5, 5.41) is 4.01. The highest BCUT2D eigenvalue weighted by atomic mass is 79.9. The Morgan fingerprint density at radius 1 is 1.00 bits per heavy atom. The molecule has 37 heavy (non-hydrogen) atoms. The van der Waals surface area contributed by atoms with Crippen LogP contribution in [0.25, 0.3) is 0 Å². The number of carbonyl (C=O) groups is 1. The largest absolute Gasteiger partial charge is 0.493 e. The molecule has 11 heteroatoms. The number of halogens is 1. The number of carbonyl (C=O) groups excluding carboxylic acids is 1. The number of anilines is 2. The van der Waals surface area contributed by atoms with Crippen LogP contribution in [0, 0.1) is 6.92 Å². The zero-order chi connectivity index (χ0) is 27.2. The average Bonchev–Trinajstić information content (AvgIpc) is 2.87. The van der Waals surface area contributed by atoms with E-state index in [1.165, 1.54) is 38.6 Å². The van der Waals surface area contributed by atoms with Crippen molar-refractivity contribution in [3.8, 4) is 11.5 Å². The molecule has 0 aliphatic rings. The van der Waals surface area contributed by atoms with Crippen molar-refractivity contribution in [3.05, 3.63) is 76.3 Å².